The number of nitrogens with one attached hydrogen (secondary N) is 2. The summed E-state index contributed by atoms with van der Waals surface area (Å²) in [5.74, 6) is 4.73. The molecular formula is C11H10Cl2N4OS. The Kier molecular flexibility index (Phi) is 4.60. The van der Waals surface area contributed by atoms with E-state index in [1.807, 2.05) is 0 Å². The predicted molar refractivity (Wildman–Crippen MR) is 77.9 cm³/mol. The average Bonchev–Trinajstić information content (AvgIpc) is 2.81. The van der Waals surface area contributed by atoms with Gasteiger partial charge in [0.15, 0.2) is 5.13 Å². The van der Waals surface area contributed by atoms with Crippen LogP contribution in [0.25, 0.3) is 0 Å². The third kappa shape index (κ3) is 3.81. The van der Waals surface area contributed by atoms with Crippen molar-refractivity contribution in [3.05, 3.63) is 39.3 Å². The van der Waals surface area contributed by atoms with Crippen LogP contribution in [0.3, 0.4) is 0 Å². The standard InChI is InChI=1S/C11H10Cl2N4OS/c12-8-2-1-6(3-9(8)13)15-11-16-7(5-19-11)4-10(18)17-14/h1-3,5H,4,14H2,(H,15,16)(H,17,18). The molecule has 100 valence electrons. The van der Waals surface area contributed by atoms with E-state index < -0.39 is 0 Å². The minimum absolute atomic E-state index is 0.149. The number of hydrogen-bond donors (Lipinski definition) is 3. The van der Waals surface area contributed by atoms with E-state index in [0.29, 0.717) is 20.9 Å². The summed E-state index contributed by atoms with van der Waals surface area (Å²) in [4.78, 5) is 15.4. The van der Waals surface area contributed by atoms with Crippen LogP contribution in [0.4, 0.5) is 10.8 Å². The van der Waals surface area contributed by atoms with Crippen molar-refractivity contribution in [2.75, 3.05) is 5.32 Å². The number of thiazole rings is 1. The quantitative estimate of drug-likeness (QED) is 0.460. The topological polar surface area (TPSA) is 80.0 Å². The molecule has 2 aromatic rings. The molecule has 0 unspecified atom stereocenters. The van der Waals surface area contributed by atoms with E-state index in [2.05, 4.69) is 15.7 Å². The van der Waals surface area contributed by atoms with Gasteiger partial charge in [-0.25, -0.2) is 10.8 Å². The third-order valence-corrected chi connectivity index (χ3v) is 3.77. The maximum Gasteiger partial charge on any atom is 0.239 e. The molecule has 0 radical (unpaired) electrons. The first-order valence-electron chi connectivity index (χ1n) is 5.24. The number of nitrogens with two attached hydrogens (primary N) is 1. The summed E-state index contributed by atoms with van der Waals surface area (Å²) in [7, 11) is 0. The summed E-state index contributed by atoms with van der Waals surface area (Å²) in [6.07, 6.45) is 0.149. The second-order valence-electron chi connectivity index (χ2n) is 3.64. The number of hydrogen-bond acceptors (Lipinski definition) is 5. The monoisotopic (exact) mass is 316 g/mol. The number of carbonyl (C=O) groups is 1. The van der Waals surface area contributed by atoms with Gasteiger partial charge in [-0.2, -0.15) is 0 Å². The first-order chi connectivity index (χ1) is 9.08. The highest BCUT2D eigenvalue weighted by molar-refractivity contribution is 7.13. The molecule has 4 N–H and O–H groups in total. The molecule has 0 spiro atoms. The second-order valence-corrected chi connectivity index (χ2v) is 5.31. The van der Waals surface area contributed by atoms with Gasteiger partial charge in [0, 0.05) is 11.1 Å². The van der Waals surface area contributed by atoms with Crippen molar-refractivity contribution in [1.29, 1.82) is 0 Å². The van der Waals surface area contributed by atoms with Crippen LogP contribution in [0, 0.1) is 0 Å². The first-order valence-corrected chi connectivity index (χ1v) is 6.88. The lowest BCUT2D eigenvalue weighted by molar-refractivity contribution is -0.120. The number of nitrogens with zero attached hydrogens (tertiary/aromatic N) is 1. The fourth-order valence-corrected chi connectivity index (χ4v) is 2.39. The smallest absolute Gasteiger partial charge is 0.239 e. The second kappa shape index (κ2) is 6.21. The number of anilines is 2. The molecule has 0 fully saturated rings. The van der Waals surface area contributed by atoms with E-state index in [1.165, 1.54) is 11.3 Å². The lowest BCUT2D eigenvalue weighted by atomic mass is 10.3. The maximum absolute atomic E-state index is 11.1. The van der Waals surface area contributed by atoms with Crippen LogP contribution in [0.15, 0.2) is 23.6 Å². The molecule has 1 amide bonds. The molecule has 8 heteroatoms. The van der Waals surface area contributed by atoms with Gasteiger partial charge in [-0.3, -0.25) is 10.2 Å². The van der Waals surface area contributed by atoms with Crippen LogP contribution in [0.1, 0.15) is 5.69 Å². The summed E-state index contributed by atoms with van der Waals surface area (Å²) < 4.78 is 0. The summed E-state index contributed by atoms with van der Waals surface area (Å²) in [5, 5.41) is 6.49. The highest BCUT2D eigenvalue weighted by atomic mass is 35.5. The van der Waals surface area contributed by atoms with Crippen LogP contribution in [0.5, 0.6) is 0 Å². The zero-order valence-electron chi connectivity index (χ0n) is 9.61. The van der Waals surface area contributed by atoms with Crippen molar-refractivity contribution in [1.82, 2.24) is 10.4 Å². The Morgan fingerprint density at radius 2 is 2.16 bits per heavy atom. The van der Waals surface area contributed by atoms with Crippen molar-refractivity contribution in [2.45, 2.75) is 6.42 Å². The van der Waals surface area contributed by atoms with E-state index in [9.17, 15) is 4.79 Å². The number of hydrazine groups is 1. The molecule has 0 saturated carbocycles. The highest BCUT2D eigenvalue weighted by Crippen LogP contribution is 2.28. The molecule has 0 atom stereocenters. The van der Waals surface area contributed by atoms with Crippen molar-refractivity contribution < 1.29 is 4.79 Å². The van der Waals surface area contributed by atoms with E-state index >= 15 is 0 Å². The molecule has 0 aliphatic rings. The number of halogens is 2. The number of rotatable bonds is 4. The summed E-state index contributed by atoms with van der Waals surface area (Å²) in [5.41, 5.74) is 3.48. The van der Waals surface area contributed by atoms with Crippen molar-refractivity contribution in [3.8, 4) is 0 Å². The Morgan fingerprint density at radius 1 is 1.37 bits per heavy atom. The largest absolute Gasteiger partial charge is 0.331 e. The van der Waals surface area contributed by atoms with Crippen LogP contribution in [0.2, 0.25) is 10.0 Å². The van der Waals surface area contributed by atoms with Gasteiger partial charge < -0.3 is 5.32 Å². The average molecular weight is 317 g/mol. The molecule has 0 bridgehead atoms. The molecule has 1 heterocycles. The molecule has 0 aliphatic carbocycles. The van der Waals surface area contributed by atoms with Crippen LogP contribution < -0.4 is 16.6 Å². The van der Waals surface area contributed by atoms with Gasteiger partial charge in [0.2, 0.25) is 5.91 Å². The lowest BCUT2D eigenvalue weighted by Gasteiger charge is -2.03. The van der Waals surface area contributed by atoms with Gasteiger partial charge in [-0.15, -0.1) is 11.3 Å². The normalized spacial score (nSPS) is 10.3. The van der Waals surface area contributed by atoms with Gasteiger partial charge in [-0.05, 0) is 18.2 Å². The van der Waals surface area contributed by atoms with E-state index in [4.69, 9.17) is 29.0 Å². The summed E-state index contributed by atoms with van der Waals surface area (Å²) in [6.45, 7) is 0. The third-order valence-electron chi connectivity index (χ3n) is 2.23. The van der Waals surface area contributed by atoms with Gasteiger partial charge in [-0.1, -0.05) is 23.2 Å². The van der Waals surface area contributed by atoms with Crippen molar-refractivity contribution in [3.63, 3.8) is 0 Å². The number of benzene rings is 1. The molecule has 1 aromatic heterocycles. The van der Waals surface area contributed by atoms with E-state index in [0.717, 1.165) is 5.69 Å². The Hall–Kier alpha value is -1.34. The molecule has 1 aromatic carbocycles. The molecular weight excluding hydrogens is 307 g/mol. The van der Waals surface area contributed by atoms with E-state index in [1.54, 1.807) is 23.6 Å². The van der Waals surface area contributed by atoms with Crippen LogP contribution in [-0.4, -0.2) is 10.9 Å². The Morgan fingerprint density at radius 3 is 2.84 bits per heavy atom. The minimum Gasteiger partial charge on any atom is -0.331 e. The molecule has 0 aliphatic heterocycles. The van der Waals surface area contributed by atoms with Gasteiger partial charge in [0.25, 0.3) is 0 Å². The zero-order chi connectivity index (χ0) is 13.8. The Bertz CT molecular complexity index is 602. The highest BCUT2D eigenvalue weighted by Gasteiger charge is 2.07. The number of carbonyl (C=O) groups excluding carboxylic acids is 1. The fraction of sp³-hybridized carbons (Fsp3) is 0.0909. The SMILES string of the molecule is NNC(=O)Cc1csc(Nc2ccc(Cl)c(Cl)c2)n1. The Labute approximate surface area is 123 Å². The Balaban J connectivity index is 2.07. The van der Waals surface area contributed by atoms with Gasteiger partial charge in [0.1, 0.15) is 0 Å². The fourth-order valence-electron chi connectivity index (χ4n) is 1.36. The molecule has 0 saturated heterocycles. The summed E-state index contributed by atoms with van der Waals surface area (Å²) >= 11 is 13.1. The maximum atomic E-state index is 11.1. The van der Waals surface area contributed by atoms with E-state index in [-0.39, 0.29) is 12.3 Å². The number of amides is 1. The minimum atomic E-state index is -0.286. The van der Waals surface area contributed by atoms with Gasteiger partial charge >= 0.3 is 0 Å². The predicted octanol–water partition coefficient (Wildman–Crippen LogP) is 2.73. The van der Waals surface area contributed by atoms with Crippen LogP contribution in [-0.2, 0) is 11.2 Å². The zero-order valence-corrected chi connectivity index (χ0v) is 11.9. The molecule has 2 rings (SSSR count). The van der Waals surface area contributed by atoms with Crippen LogP contribution >= 0.6 is 34.5 Å². The molecule has 5 nitrogen and oxygen atoms in total. The number of aromatic nitrogens is 1. The first kappa shape index (κ1) is 14.1. The van der Waals surface area contributed by atoms with Crippen molar-refractivity contribution >= 4 is 51.3 Å². The lowest BCUT2D eigenvalue weighted by Crippen LogP contribution is -2.31. The summed E-state index contributed by atoms with van der Waals surface area (Å²) in [6, 6.07) is 5.20. The molecule has 19 heavy (non-hydrogen) atoms. The van der Waals surface area contributed by atoms with Gasteiger partial charge in [0.05, 0.1) is 22.2 Å². The van der Waals surface area contributed by atoms with Crippen molar-refractivity contribution in [2.24, 2.45) is 5.84 Å².